The fourth-order valence-corrected chi connectivity index (χ4v) is 3.01. The van der Waals surface area contributed by atoms with Crippen LogP contribution in [0.15, 0.2) is 18.6 Å². The molecule has 0 amide bonds. The molecule has 136 valence electrons. The second-order valence-electron chi connectivity index (χ2n) is 5.96. The zero-order valence-electron chi connectivity index (χ0n) is 13.8. The summed E-state index contributed by atoms with van der Waals surface area (Å²) in [7, 11) is 0. The Bertz CT molecular complexity index is 930. The number of nitrogens with zero attached hydrogens (tertiary/aromatic N) is 7. The maximum atomic E-state index is 13.0. The van der Waals surface area contributed by atoms with Crippen LogP contribution in [-0.4, -0.2) is 56.3 Å². The quantitative estimate of drug-likeness (QED) is 0.742. The fraction of sp³-hybridized carbons (Fsp3) is 0.400. The number of aryl methyl sites for hydroxylation is 1. The van der Waals surface area contributed by atoms with Gasteiger partial charge >= 0.3 is 6.18 Å². The molecule has 0 aromatic carbocycles. The zero-order chi connectivity index (χ0) is 18.3. The largest absolute Gasteiger partial charge is 0.433 e. The van der Waals surface area contributed by atoms with Crippen molar-refractivity contribution in [3.63, 3.8) is 0 Å². The molecule has 1 saturated heterocycles. The molecular formula is C15H15F3N8. The number of nitrogens with one attached hydrogen (secondary N) is 1. The molecule has 4 rings (SSSR count). The van der Waals surface area contributed by atoms with Gasteiger partial charge in [0.1, 0.15) is 29.5 Å². The van der Waals surface area contributed by atoms with E-state index in [0.717, 1.165) is 17.3 Å². The van der Waals surface area contributed by atoms with Gasteiger partial charge in [-0.05, 0) is 6.92 Å². The first-order chi connectivity index (χ1) is 12.4. The van der Waals surface area contributed by atoms with E-state index >= 15 is 0 Å². The molecule has 0 atom stereocenters. The van der Waals surface area contributed by atoms with Crippen LogP contribution >= 0.6 is 0 Å². The molecule has 1 fully saturated rings. The Hall–Kier alpha value is -2.98. The zero-order valence-corrected chi connectivity index (χ0v) is 13.8. The smallest absolute Gasteiger partial charge is 0.353 e. The molecule has 0 aliphatic carbocycles. The van der Waals surface area contributed by atoms with Gasteiger partial charge in [0.05, 0.1) is 11.6 Å². The van der Waals surface area contributed by atoms with Crippen molar-refractivity contribution in [1.29, 1.82) is 0 Å². The van der Waals surface area contributed by atoms with Gasteiger partial charge in [-0.15, -0.1) is 0 Å². The molecule has 1 aliphatic heterocycles. The van der Waals surface area contributed by atoms with Gasteiger partial charge in [-0.2, -0.15) is 18.3 Å². The number of piperazine rings is 1. The summed E-state index contributed by atoms with van der Waals surface area (Å²) in [5.74, 6) is 1.16. The normalized spacial score (nSPS) is 15.7. The number of hydrogen-bond donors (Lipinski definition) is 1. The van der Waals surface area contributed by atoms with Crippen LogP contribution in [0, 0.1) is 6.92 Å². The van der Waals surface area contributed by atoms with E-state index in [-0.39, 0.29) is 5.82 Å². The van der Waals surface area contributed by atoms with Crippen LogP contribution in [0.5, 0.6) is 0 Å². The maximum Gasteiger partial charge on any atom is 0.433 e. The molecule has 3 aromatic rings. The van der Waals surface area contributed by atoms with Crippen LogP contribution in [0.4, 0.5) is 24.8 Å². The van der Waals surface area contributed by atoms with E-state index in [4.69, 9.17) is 0 Å². The summed E-state index contributed by atoms with van der Waals surface area (Å²) in [6, 6.07) is 1.00. The van der Waals surface area contributed by atoms with Gasteiger partial charge in [0.2, 0.25) is 0 Å². The number of alkyl halides is 3. The summed E-state index contributed by atoms with van der Waals surface area (Å²) < 4.78 is 38.9. The molecule has 0 saturated carbocycles. The van der Waals surface area contributed by atoms with Crippen molar-refractivity contribution in [2.45, 2.75) is 13.1 Å². The van der Waals surface area contributed by atoms with Crippen LogP contribution in [0.2, 0.25) is 0 Å². The van der Waals surface area contributed by atoms with Crippen LogP contribution in [0.3, 0.4) is 0 Å². The van der Waals surface area contributed by atoms with Crippen molar-refractivity contribution in [2.24, 2.45) is 0 Å². The lowest BCUT2D eigenvalue weighted by Gasteiger charge is -2.36. The number of aromatic nitrogens is 6. The standard InChI is InChI=1S/C15H15F3N8/c1-9-22-11(15(16,17)18)6-12(23-9)25-2-4-26(5-3-25)14-10-7-21-24-13(10)19-8-20-14/h6-8H,2-5H2,1H3,(H,19,20,21,24). The van der Waals surface area contributed by atoms with Gasteiger partial charge < -0.3 is 9.80 Å². The molecule has 1 aliphatic rings. The molecule has 26 heavy (non-hydrogen) atoms. The van der Waals surface area contributed by atoms with E-state index in [1.54, 1.807) is 6.20 Å². The lowest BCUT2D eigenvalue weighted by atomic mass is 10.2. The minimum atomic E-state index is -4.49. The number of halogens is 3. The molecule has 0 radical (unpaired) electrons. The van der Waals surface area contributed by atoms with Crippen LogP contribution in [0.25, 0.3) is 11.0 Å². The summed E-state index contributed by atoms with van der Waals surface area (Å²) in [6.45, 7) is 3.71. The third-order valence-electron chi connectivity index (χ3n) is 4.25. The van der Waals surface area contributed by atoms with Crippen LogP contribution in [0.1, 0.15) is 11.5 Å². The molecule has 0 unspecified atom stereocenters. The Balaban J connectivity index is 1.54. The van der Waals surface area contributed by atoms with Crippen molar-refractivity contribution in [3.8, 4) is 0 Å². The number of hydrogen-bond acceptors (Lipinski definition) is 7. The second-order valence-corrected chi connectivity index (χ2v) is 5.96. The van der Waals surface area contributed by atoms with E-state index in [0.29, 0.717) is 37.6 Å². The van der Waals surface area contributed by atoms with Gasteiger partial charge in [-0.25, -0.2) is 19.9 Å². The average molecular weight is 364 g/mol. The highest BCUT2D eigenvalue weighted by atomic mass is 19.4. The third-order valence-corrected chi connectivity index (χ3v) is 4.25. The maximum absolute atomic E-state index is 13.0. The van der Waals surface area contributed by atoms with Gasteiger partial charge in [-0.1, -0.05) is 0 Å². The van der Waals surface area contributed by atoms with Gasteiger partial charge in [0, 0.05) is 32.2 Å². The lowest BCUT2D eigenvalue weighted by Crippen LogP contribution is -2.47. The van der Waals surface area contributed by atoms with Gasteiger partial charge in [0.25, 0.3) is 0 Å². The number of aromatic amines is 1. The number of anilines is 2. The van der Waals surface area contributed by atoms with Crippen LogP contribution < -0.4 is 9.80 Å². The molecule has 1 N–H and O–H groups in total. The monoisotopic (exact) mass is 364 g/mol. The van der Waals surface area contributed by atoms with E-state index in [1.165, 1.54) is 13.3 Å². The topological polar surface area (TPSA) is 86.7 Å². The predicted octanol–water partition coefficient (Wildman–Crippen LogP) is 1.80. The SMILES string of the molecule is Cc1nc(N2CCN(c3ncnc4[nH]ncc34)CC2)cc(C(F)(F)F)n1. The molecule has 8 nitrogen and oxygen atoms in total. The molecular weight excluding hydrogens is 349 g/mol. The lowest BCUT2D eigenvalue weighted by molar-refractivity contribution is -0.141. The first-order valence-corrected chi connectivity index (χ1v) is 7.98. The van der Waals surface area contributed by atoms with E-state index in [2.05, 4.69) is 35.0 Å². The van der Waals surface area contributed by atoms with Crippen molar-refractivity contribution in [3.05, 3.63) is 30.1 Å². The van der Waals surface area contributed by atoms with Crippen molar-refractivity contribution < 1.29 is 13.2 Å². The highest BCUT2D eigenvalue weighted by molar-refractivity contribution is 5.86. The molecule has 3 aromatic heterocycles. The highest BCUT2D eigenvalue weighted by Crippen LogP contribution is 2.30. The van der Waals surface area contributed by atoms with E-state index in [1.807, 2.05) is 4.90 Å². The van der Waals surface area contributed by atoms with Gasteiger partial charge in [0.15, 0.2) is 5.65 Å². The van der Waals surface area contributed by atoms with Crippen molar-refractivity contribution in [2.75, 3.05) is 36.0 Å². The first-order valence-electron chi connectivity index (χ1n) is 7.98. The number of H-pyrrole nitrogens is 1. The molecule has 0 bridgehead atoms. The Kier molecular flexibility index (Phi) is 3.85. The van der Waals surface area contributed by atoms with Gasteiger partial charge in [-0.3, -0.25) is 5.10 Å². The first kappa shape index (κ1) is 16.5. The Morgan fingerprint density at radius 3 is 2.50 bits per heavy atom. The van der Waals surface area contributed by atoms with Crippen molar-refractivity contribution >= 4 is 22.7 Å². The predicted molar refractivity (Wildman–Crippen MR) is 87.9 cm³/mol. The van der Waals surface area contributed by atoms with Crippen LogP contribution in [-0.2, 0) is 6.18 Å². The summed E-state index contributed by atoms with van der Waals surface area (Å²) in [4.78, 5) is 20.0. The molecule has 4 heterocycles. The number of fused-ring (bicyclic) bond motifs is 1. The van der Waals surface area contributed by atoms with Crippen molar-refractivity contribution in [1.82, 2.24) is 30.1 Å². The van der Waals surface area contributed by atoms with E-state index < -0.39 is 11.9 Å². The third kappa shape index (κ3) is 3.00. The molecule has 0 spiro atoms. The number of rotatable bonds is 2. The Morgan fingerprint density at radius 1 is 1.04 bits per heavy atom. The fourth-order valence-electron chi connectivity index (χ4n) is 3.01. The average Bonchev–Trinajstić information content (AvgIpc) is 3.09. The Labute approximate surface area is 146 Å². The Morgan fingerprint density at radius 2 is 1.77 bits per heavy atom. The summed E-state index contributed by atoms with van der Waals surface area (Å²) in [5, 5.41) is 7.59. The summed E-state index contributed by atoms with van der Waals surface area (Å²) in [5.41, 5.74) is -0.267. The second kappa shape index (κ2) is 6.07. The summed E-state index contributed by atoms with van der Waals surface area (Å²) >= 11 is 0. The summed E-state index contributed by atoms with van der Waals surface area (Å²) in [6.07, 6.45) is -1.36. The minimum absolute atomic E-state index is 0.105. The molecule has 11 heteroatoms. The minimum Gasteiger partial charge on any atom is -0.353 e. The highest BCUT2D eigenvalue weighted by Gasteiger charge is 2.34. The van der Waals surface area contributed by atoms with E-state index in [9.17, 15) is 13.2 Å².